The summed E-state index contributed by atoms with van der Waals surface area (Å²) in [5.74, 6) is 0.464. The van der Waals surface area contributed by atoms with Gasteiger partial charge in [0.05, 0.1) is 5.69 Å². The standard InChI is InChI=1S/C16H15N3O2S/c20-14-6-4-10-7-11(3-5-12(10)17-14)15(21)19-16-18-13(8-22-16)9-1-2-9/h3,5,7-9H,1-2,4,6H2,(H,17,20)(H,18,19,21). The maximum atomic E-state index is 12.3. The molecule has 4 rings (SSSR count). The number of hydrogen-bond donors (Lipinski definition) is 2. The van der Waals surface area contributed by atoms with Crippen molar-refractivity contribution in [3.05, 3.63) is 40.4 Å². The first-order valence-electron chi connectivity index (χ1n) is 7.38. The van der Waals surface area contributed by atoms with E-state index in [4.69, 9.17) is 0 Å². The van der Waals surface area contributed by atoms with Gasteiger partial charge in [0.2, 0.25) is 5.91 Å². The number of aromatic nitrogens is 1. The molecule has 6 heteroatoms. The third-order valence-corrected chi connectivity index (χ3v) is 4.78. The number of nitrogens with one attached hydrogen (secondary N) is 2. The SMILES string of the molecule is O=C1CCc2cc(C(=O)Nc3nc(C4CC4)cs3)ccc2N1. The summed E-state index contributed by atoms with van der Waals surface area (Å²) in [6, 6.07) is 5.37. The predicted octanol–water partition coefficient (Wildman–Crippen LogP) is 3.16. The molecule has 1 saturated carbocycles. The van der Waals surface area contributed by atoms with E-state index in [1.165, 1.54) is 24.2 Å². The Morgan fingerprint density at radius 2 is 2.18 bits per heavy atom. The molecular weight excluding hydrogens is 298 g/mol. The van der Waals surface area contributed by atoms with Gasteiger partial charge in [0.25, 0.3) is 5.91 Å². The van der Waals surface area contributed by atoms with Gasteiger partial charge in [-0.1, -0.05) is 0 Å². The number of fused-ring (bicyclic) bond motifs is 1. The molecule has 0 unspecified atom stereocenters. The van der Waals surface area contributed by atoms with Gasteiger partial charge in [-0.25, -0.2) is 4.98 Å². The Balaban J connectivity index is 1.50. The van der Waals surface area contributed by atoms with Crippen molar-refractivity contribution in [1.29, 1.82) is 0 Å². The van der Waals surface area contributed by atoms with Crippen LogP contribution in [0, 0.1) is 0 Å². The van der Waals surface area contributed by atoms with Crippen molar-refractivity contribution in [3.63, 3.8) is 0 Å². The van der Waals surface area contributed by atoms with Crippen LogP contribution in [0.4, 0.5) is 10.8 Å². The average Bonchev–Trinajstić information content (AvgIpc) is 3.27. The summed E-state index contributed by atoms with van der Waals surface area (Å²) in [5, 5.41) is 8.35. The van der Waals surface area contributed by atoms with Crippen LogP contribution < -0.4 is 10.6 Å². The van der Waals surface area contributed by atoms with E-state index < -0.39 is 0 Å². The molecule has 0 saturated heterocycles. The number of rotatable bonds is 3. The third kappa shape index (κ3) is 2.62. The van der Waals surface area contributed by atoms with Crippen LogP contribution in [-0.4, -0.2) is 16.8 Å². The summed E-state index contributed by atoms with van der Waals surface area (Å²) in [7, 11) is 0. The molecule has 0 radical (unpaired) electrons. The second-order valence-corrected chi connectivity index (χ2v) is 6.58. The highest BCUT2D eigenvalue weighted by molar-refractivity contribution is 7.14. The van der Waals surface area contributed by atoms with Gasteiger partial charge in [-0.2, -0.15) is 0 Å². The highest BCUT2D eigenvalue weighted by atomic mass is 32.1. The van der Waals surface area contributed by atoms with Crippen LogP contribution in [0.2, 0.25) is 0 Å². The number of carbonyl (C=O) groups is 2. The highest BCUT2D eigenvalue weighted by Gasteiger charge is 2.26. The highest BCUT2D eigenvalue weighted by Crippen LogP contribution is 2.40. The Morgan fingerprint density at radius 3 is 3.00 bits per heavy atom. The van der Waals surface area contributed by atoms with Crippen molar-refractivity contribution in [3.8, 4) is 0 Å². The lowest BCUT2D eigenvalue weighted by molar-refractivity contribution is -0.116. The van der Waals surface area contributed by atoms with E-state index >= 15 is 0 Å². The Morgan fingerprint density at radius 1 is 1.32 bits per heavy atom. The van der Waals surface area contributed by atoms with E-state index in [2.05, 4.69) is 15.6 Å². The van der Waals surface area contributed by atoms with E-state index in [0.717, 1.165) is 16.9 Å². The van der Waals surface area contributed by atoms with Crippen molar-refractivity contribution in [2.45, 2.75) is 31.6 Å². The maximum absolute atomic E-state index is 12.3. The summed E-state index contributed by atoms with van der Waals surface area (Å²) in [6.07, 6.45) is 3.54. The Bertz CT molecular complexity index is 765. The third-order valence-electron chi connectivity index (χ3n) is 4.00. The molecular formula is C16H15N3O2S. The topological polar surface area (TPSA) is 71.1 Å². The molecule has 2 aliphatic rings. The van der Waals surface area contributed by atoms with Gasteiger partial charge < -0.3 is 5.32 Å². The summed E-state index contributed by atoms with van der Waals surface area (Å²) in [4.78, 5) is 28.1. The van der Waals surface area contributed by atoms with Gasteiger partial charge in [0, 0.05) is 29.0 Å². The van der Waals surface area contributed by atoms with Crippen molar-refractivity contribution in [1.82, 2.24) is 4.98 Å². The average molecular weight is 313 g/mol. The van der Waals surface area contributed by atoms with Crippen molar-refractivity contribution in [2.24, 2.45) is 0 Å². The van der Waals surface area contributed by atoms with Crippen LogP contribution in [0.25, 0.3) is 0 Å². The first kappa shape index (κ1) is 13.5. The summed E-state index contributed by atoms with van der Waals surface area (Å²) in [5.41, 5.74) is 3.50. The van der Waals surface area contributed by atoms with Gasteiger partial charge in [0.1, 0.15) is 0 Å². The lowest BCUT2D eigenvalue weighted by Gasteiger charge is -2.17. The van der Waals surface area contributed by atoms with Crippen LogP contribution in [0.5, 0.6) is 0 Å². The fourth-order valence-corrected chi connectivity index (χ4v) is 3.39. The van der Waals surface area contributed by atoms with Crippen LogP contribution in [0.15, 0.2) is 23.6 Å². The number of carbonyl (C=O) groups excluding carboxylic acids is 2. The van der Waals surface area contributed by atoms with Crippen LogP contribution in [-0.2, 0) is 11.2 Å². The minimum atomic E-state index is -0.156. The molecule has 22 heavy (non-hydrogen) atoms. The maximum Gasteiger partial charge on any atom is 0.257 e. The second kappa shape index (κ2) is 5.21. The molecule has 0 atom stereocenters. The van der Waals surface area contributed by atoms with Gasteiger partial charge in [-0.05, 0) is 43.0 Å². The van der Waals surface area contributed by atoms with Gasteiger partial charge in [0.15, 0.2) is 5.13 Å². The monoisotopic (exact) mass is 313 g/mol. The Hall–Kier alpha value is -2.21. The number of nitrogens with zero attached hydrogens (tertiary/aromatic N) is 1. The molecule has 1 aliphatic heterocycles. The molecule has 1 aromatic carbocycles. The van der Waals surface area contributed by atoms with E-state index in [1.807, 2.05) is 11.4 Å². The molecule has 2 N–H and O–H groups in total. The molecule has 1 aliphatic carbocycles. The van der Waals surface area contributed by atoms with Gasteiger partial charge in [-0.3, -0.25) is 14.9 Å². The zero-order valence-corrected chi connectivity index (χ0v) is 12.7. The normalized spacial score (nSPS) is 16.8. The predicted molar refractivity (Wildman–Crippen MR) is 85.4 cm³/mol. The Labute approximate surface area is 131 Å². The first-order valence-corrected chi connectivity index (χ1v) is 8.26. The molecule has 1 fully saturated rings. The number of hydrogen-bond acceptors (Lipinski definition) is 4. The number of benzene rings is 1. The molecule has 0 spiro atoms. The number of aryl methyl sites for hydroxylation is 1. The van der Waals surface area contributed by atoms with Crippen molar-refractivity contribution < 1.29 is 9.59 Å². The van der Waals surface area contributed by atoms with Crippen LogP contribution >= 0.6 is 11.3 Å². The van der Waals surface area contributed by atoms with E-state index in [9.17, 15) is 9.59 Å². The van der Waals surface area contributed by atoms with Crippen LogP contribution in [0.3, 0.4) is 0 Å². The zero-order valence-electron chi connectivity index (χ0n) is 11.9. The lowest BCUT2D eigenvalue weighted by atomic mass is 10.0. The van der Waals surface area contributed by atoms with E-state index in [1.54, 1.807) is 12.1 Å². The van der Waals surface area contributed by atoms with Gasteiger partial charge >= 0.3 is 0 Å². The van der Waals surface area contributed by atoms with E-state index in [0.29, 0.717) is 29.5 Å². The second-order valence-electron chi connectivity index (χ2n) is 5.73. The lowest BCUT2D eigenvalue weighted by Crippen LogP contribution is -2.20. The quantitative estimate of drug-likeness (QED) is 0.914. The summed E-state index contributed by atoms with van der Waals surface area (Å²) >= 11 is 1.47. The minimum absolute atomic E-state index is 0.0279. The molecule has 1 aromatic heterocycles. The molecule has 2 aromatic rings. The van der Waals surface area contributed by atoms with Crippen LogP contribution in [0.1, 0.15) is 46.8 Å². The molecule has 0 bridgehead atoms. The minimum Gasteiger partial charge on any atom is -0.326 e. The molecule has 2 amide bonds. The van der Waals surface area contributed by atoms with Crippen molar-refractivity contribution >= 4 is 34.0 Å². The molecule has 5 nitrogen and oxygen atoms in total. The fourth-order valence-electron chi connectivity index (χ4n) is 2.60. The van der Waals surface area contributed by atoms with Gasteiger partial charge in [-0.15, -0.1) is 11.3 Å². The zero-order chi connectivity index (χ0) is 15.1. The number of thiazole rings is 1. The summed E-state index contributed by atoms with van der Waals surface area (Å²) < 4.78 is 0. The molecule has 2 heterocycles. The Kier molecular flexibility index (Phi) is 3.18. The smallest absolute Gasteiger partial charge is 0.257 e. The fraction of sp³-hybridized carbons (Fsp3) is 0.312. The van der Waals surface area contributed by atoms with E-state index in [-0.39, 0.29) is 11.8 Å². The number of amides is 2. The molecule has 112 valence electrons. The number of anilines is 2. The first-order chi connectivity index (χ1) is 10.7. The summed E-state index contributed by atoms with van der Waals surface area (Å²) in [6.45, 7) is 0. The largest absolute Gasteiger partial charge is 0.326 e. The van der Waals surface area contributed by atoms with Crippen molar-refractivity contribution in [2.75, 3.05) is 10.6 Å².